The summed E-state index contributed by atoms with van der Waals surface area (Å²) in [5.41, 5.74) is 0. The number of unbranched alkanes of at least 4 members (excludes halogenated alkanes) is 42. The number of rotatable bonds is 72. The van der Waals surface area contributed by atoms with E-state index in [1.165, 1.54) is 193 Å². The van der Waals surface area contributed by atoms with Crippen molar-refractivity contribution in [3.8, 4) is 0 Å². The molecule has 92 heavy (non-hydrogen) atoms. The molecular weight excluding hydrogens is 1210 g/mol. The second kappa shape index (κ2) is 65.0. The number of hydrogen-bond acceptors (Lipinski definition) is 15. The topological polar surface area (TPSA) is 237 Å². The Balaban J connectivity index is 5.24. The van der Waals surface area contributed by atoms with Crippen LogP contribution in [-0.2, 0) is 65.4 Å². The highest BCUT2D eigenvalue weighted by Gasteiger charge is 2.30. The van der Waals surface area contributed by atoms with Crippen LogP contribution in [-0.4, -0.2) is 96.7 Å². The minimum absolute atomic E-state index is 0.105. The zero-order valence-electron chi connectivity index (χ0n) is 59.9. The molecule has 17 nitrogen and oxygen atoms in total. The average molecular weight is 1350 g/mol. The molecule has 0 aliphatic rings. The van der Waals surface area contributed by atoms with Crippen LogP contribution in [0, 0.1) is 11.8 Å². The van der Waals surface area contributed by atoms with Gasteiger partial charge in [-0.15, -0.1) is 0 Å². The van der Waals surface area contributed by atoms with Gasteiger partial charge >= 0.3 is 39.5 Å². The molecule has 0 aliphatic heterocycles. The summed E-state index contributed by atoms with van der Waals surface area (Å²) in [6.07, 6.45) is 51.3. The van der Waals surface area contributed by atoms with Gasteiger partial charge in [-0.3, -0.25) is 37.3 Å². The number of phosphoric acid groups is 2. The Morgan fingerprint density at radius 3 is 0.739 bits per heavy atom. The lowest BCUT2D eigenvalue weighted by Gasteiger charge is -2.21. The normalized spacial score (nSPS) is 14.1. The summed E-state index contributed by atoms with van der Waals surface area (Å²) < 4.78 is 68.4. The van der Waals surface area contributed by atoms with E-state index in [0.717, 1.165) is 102 Å². The first kappa shape index (κ1) is 90.1. The van der Waals surface area contributed by atoms with Gasteiger partial charge in [0.1, 0.15) is 19.3 Å². The lowest BCUT2D eigenvalue weighted by atomic mass is 10.0. The average Bonchev–Trinajstić information content (AvgIpc) is 2.13. The molecule has 0 rings (SSSR count). The van der Waals surface area contributed by atoms with Gasteiger partial charge in [0.05, 0.1) is 26.4 Å². The van der Waals surface area contributed by atoms with E-state index in [9.17, 15) is 43.2 Å². The van der Waals surface area contributed by atoms with Crippen LogP contribution in [0.4, 0.5) is 0 Å². The summed E-state index contributed by atoms with van der Waals surface area (Å²) in [6.45, 7) is 9.53. The van der Waals surface area contributed by atoms with Gasteiger partial charge in [-0.1, -0.05) is 324 Å². The summed E-state index contributed by atoms with van der Waals surface area (Å²) in [5, 5.41) is 10.6. The number of aliphatic hydroxyl groups excluding tert-OH is 1. The fourth-order valence-corrected chi connectivity index (χ4v) is 12.7. The molecule has 0 amide bonds. The Bertz CT molecular complexity index is 1790. The maximum absolute atomic E-state index is 13.1. The first-order valence-electron chi connectivity index (χ1n) is 38.0. The largest absolute Gasteiger partial charge is 0.472 e. The lowest BCUT2D eigenvalue weighted by Crippen LogP contribution is -2.30. The quantitative estimate of drug-likeness (QED) is 0.0222. The van der Waals surface area contributed by atoms with E-state index < -0.39 is 97.5 Å². The van der Waals surface area contributed by atoms with Crippen LogP contribution < -0.4 is 0 Å². The molecule has 0 bridgehead atoms. The fourth-order valence-electron chi connectivity index (χ4n) is 11.1. The molecule has 0 radical (unpaired) electrons. The summed E-state index contributed by atoms with van der Waals surface area (Å²) in [4.78, 5) is 72.6. The van der Waals surface area contributed by atoms with E-state index in [2.05, 4.69) is 41.5 Å². The van der Waals surface area contributed by atoms with Gasteiger partial charge in [0.15, 0.2) is 12.2 Å². The molecule has 0 aromatic carbocycles. The third kappa shape index (κ3) is 66.7. The first-order chi connectivity index (χ1) is 44.4. The minimum atomic E-state index is -4.95. The van der Waals surface area contributed by atoms with Crippen molar-refractivity contribution in [2.45, 2.75) is 394 Å². The summed E-state index contributed by atoms with van der Waals surface area (Å²) in [5.74, 6) is -0.631. The number of ether oxygens (including phenoxy) is 4. The van der Waals surface area contributed by atoms with Crippen molar-refractivity contribution in [2.75, 3.05) is 39.6 Å². The van der Waals surface area contributed by atoms with E-state index in [1.54, 1.807) is 0 Å². The van der Waals surface area contributed by atoms with E-state index in [0.29, 0.717) is 25.7 Å². The van der Waals surface area contributed by atoms with Crippen molar-refractivity contribution >= 4 is 39.5 Å². The van der Waals surface area contributed by atoms with Gasteiger partial charge < -0.3 is 33.8 Å². The van der Waals surface area contributed by atoms with Gasteiger partial charge in [-0.25, -0.2) is 9.13 Å². The third-order valence-electron chi connectivity index (χ3n) is 17.0. The van der Waals surface area contributed by atoms with Crippen LogP contribution in [0.5, 0.6) is 0 Å². The highest BCUT2D eigenvalue weighted by Crippen LogP contribution is 2.45. The van der Waals surface area contributed by atoms with Crippen molar-refractivity contribution in [2.24, 2.45) is 11.8 Å². The molecule has 0 heterocycles. The van der Waals surface area contributed by atoms with Crippen molar-refractivity contribution in [3.63, 3.8) is 0 Å². The zero-order chi connectivity index (χ0) is 67.9. The molecule has 0 saturated carbocycles. The second-order valence-electron chi connectivity index (χ2n) is 27.3. The molecule has 19 heteroatoms. The molecule has 0 fully saturated rings. The molecule has 5 atom stereocenters. The van der Waals surface area contributed by atoms with Crippen molar-refractivity contribution in [3.05, 3.63) is 0 Å². The number of hydrogen-bond donors (Lipinski definition) is 3. The predicted octanol–water partition coefficient (Wildman–Crippen LogP) is 21.2. The van der Waals surface area contributed by atoms with Gasteiger partial charge in [0, 0.05) is 25.7 Å². The van der Waals surface area contributed by atoms with E-state index in [4.69, 9.17) is 37.0 Å². The molecule has 546 valence electrons. The summed E-state index contributed by atoms with van der Waals surface area (Å²) in [6, 6.07) is 0. The third-order valence-corrected chi connectivity index (χ3v) is 18.9. The fraction of sp³-hybridized carbons (Fsp3) is 0.945. The number of phosphoric ester groups is 2. The SMILES string of the molecule is CCCCCCCCCCCCCCCCCCCC(=O)O[C@H](COC(=O)CCCCCCCCCCCCCC(C)C)COP(=O)(O)OC[C@@H](O)COP(=O)(O)OC[C@@H](COC(=O)CCCCCCCCCCCC)OC(=O)CCCCCCCCCCC(C)C. The highest BCUT2D eigenvalue weighted by atomic mass is 31.2. The molecule has 3 N–H and O–H groups in total. The van der Waals surface area contributed by atoms with Crippen molar-refractivity contribution in [1.82, 2.24) is 0 Å². The van der Waals surface area contributed by atoms with Crippen LogP contribution in [0.15, 0.2) is 0 Å². The molecule has 0 spiro atoms. The Kier molecular flexibility index (Phi) is 63.7. The van der Waals surface area contributed by atoms with Crippen LogP contribution in [0.1, 0.15) is 375 Å². The first-order valence-corrected chi connectivity index (χ1v) is 41.0. The molecule has 0 saturated heterocycles. The smallest absolute Gasteiger partial charge is 0.462 e. The summed E-state index contributed by atoms with van der Waals surface area (Å²) >= 11 is 0. The number of esters is 4. The van der Waals surface area contributed by atoms with Crippen LogP contribution >= 0.6 is 15.6 Å². The van der Waals surface area contributed by atoms with Gasteiger partial charge in [0.2, 0.25) is 0 Å². The monoisotopic (exact) mass is 1350 g/mol. The molecule has 0 aromatic rings. The Morgan fingerprint density at radius 1 is 0.293 bits per heavy atom. The van der Waals surface area contributed by atoms with Crippen LogP contribution in [0.2, 0.25) is 0 Å². The maximum atomic E-state index is 13.1. The maximum Gasteiger partial charge on any atom is 0.472 e. The number of aliphatic hydroxyl groups is 1. The molecule has 0 aromatic heterocycles. The lowest BCUT2D eigenvalue weighted by molar-refractivity contribution is -0.161. The Hall–Kier alpha value is -1.94. The van der Waals surface area contributed by atoms with Crippen LogP contribution in [0.25, 0.3) is 0 Å². The van der Waals surface area contributed by atoms with Gasteiger partial charge in [0.25, 0.3) is 0 Å². The number of carbonyl (C=O) groups is 4. The summed E-state index contributed by atoms with van der Waals surface area (Å²) in [7, 11) is -9.90. The molecule has 2 unspecified atom stereocenters. The Morgan fingerprint density at radius 2 is 0.500 bits per heavy atom. The van der Waals surface area contributed by atoms with Crippen molar-refractivity contribution < 1.29 is 80.2 Å². The van der Waals surface area contributed by atoms with E-state index in [-0.39, 0.29) is 25.7 Å². The minimum Gasteiger partial charge on any atom is -0.462 e. The standard InChI is InChI=1S/C73H142O17P2/c1-7-9-11-13-15-17-19-20-21-22-23-24-27-32-39-45-51-57-72(77)89-68(61-84-71(76)56-50-44-38-31-28-25-26-29-35-41-47-53-65(3)4)63-87-91(79,80)85-59-67(74)60-86-92(81,82)88-64-69(62-83-70(75)55-49-43-37-30-18-16-14-12-10-8-2)90-73(78)58-52-46-40-34-33-36-42-48-54-66(5)6/h65-69,74H,7-64H2,1-6H3,(H,79,80)(H,81,82)/t67-,68-,69-/m1/s1. The predicted molar refractivity (Wildman–Crippen MR) is 372 cm³/mol. The van der Waals surface area contributed by atoms with Gasteiger partial charge in [-0.05, 0) is 37.5 Å². The van der Waals surface area contributed by atoms with E-state index >= 15 is 0 Å². The van der Waals surface area contributed by atoms with Gasteiger partial charge in [-0.2, -0.15) is 0 Å². The number of carbonyl (C=O) groups excluding carboxylic acids is 4. The molecular formula is C73H142O17P2. The Labute approximate surface area is 562 Å². The van der Waals surface area contributed by atoms with Crippen molar-refractivity contribution in [1.29, 1.82) is 0 Å². The van der Waals surface area contributed by atoms with Crippen LogP contribution in [0.3, 0.4) is 0 Å². The second-order valence-corrected chi connectivity index (χ2v) is 30.2. The molecule has 0 aliphatic carbocycles. The zero-order valence-corrected chi connectivity index (χ0v) is 61.6. The van der Waals surface area contributed by atoms with E-state index in [1.807, 2.05) is 0 Å². The highest BCUT2D eigenvalue weighted by molar-refractivity contribution is 7.47.